The van der Waals surface area contributed by atoms with E-state index in [9.17, 15) is 4.79 Å². The fraction of sp³-hybridized carbons (Fsp3) is 0.692. The highest BCUT2D eigenvalue weighted by Crippen LogP contribution is 2.26. The number of carbonyl (C=O) groups is 1. The summed E-state index contributed by atoms with van der Waals surface area (Å²) in [6, 6.07) is 0.744. The highest BCUT2D eigenvalue weighted by Gasteiger charge is 2.38. The first-order valence-electron chi connectivity index (χ1n) is 6.78. The van der Waals surface area contributed by atoms with Crippen LogP contribution in [0.25, 0.3) is 0 Å². The van der Waals surface area contributed by atoms with Gasteiger partial charge in [0.05, 0.1) is 24.9 Å². The summed E-state index contributed by atoms with van der Waals surface area (Å²) in [5.74, 6) is 0.130. The molecule has 2 saturated heterocycles. The van der Waals surface area contributed by atoms with E-state index in [0.29, 0.717) is 6.04 Å². The number of ether oxygens (including phenoxy) is 1. The van der Waals surface area contributed by atoms with Crippen LogP contribution in [0.4, 0.5) is 0 Å². The topological polar surface area (TPSA) is 45.7 Å². The smallest absolute Gasteiger partial charge is 0.265 e. The molecule has 0 unspecified atom stereocenters. The summed E-state index contributed by atoms with van der Waals surface area (Å²) in [6.45, 7) is 6.60. The fourth-order valence-corrected chi connectivity index (χ4v) is 3.65. The number of aromatic nitrogens is 1. The zero-order valence-electron chi connectivity index (χ0n) is 11.1. The maximum absolute atomic E-state index is 12.4. The lowest BCUT2D eigenvalue weighted by Gasteiger charge is -2.35. The number of likely N-dealkylation sites (tertiary alicyclic amines) is 1. The van der Waals surface area contributed by atoms with Gasteiger partial charge in [-0.1, -0.05) is 0 Å². The van der Waals surface area contributed by atoms with Crippen LogP contribution in [-0.4, -0.2) is 65.6 Å². The Balaban J connectivity index is 1.67. The van der Waals surface area contributed by atoms with Crippen molar-refractivity contribution in [3.8, 4) is 0 Å². The molecule has 2 atom stereocenters. The molecule has 5 nitrogen and oxygen atoms in total. The number of hydrogen-bond donors (Lipinski definition) is 0. The summed E-state index contributed by atoms with van der Waals surface area (Å²) in [7, 11) is 0. The Morgan fingerprint density at radius 2 is 2.21 bits per heavy atom. The Morgan fingerprint density at radius 3 is 2.89 bits per heavy atom. The highest BCUT2D eigenvalue weighted by molar-refractivity contribution is 7.11. The maximum Gasteiger partial charge on any atom is 0.265 e. The van der Waals surface area contributed by atoms with E-state index in [4.69, 9.17) is 4.74 Å². The third-order valence-corrected chi connectivity index (χ3v) is 4.89. The van der Waals surface area contributed by atoms with Gasteiger partial charge in [0, 0.05) is 31.7 Å². The Labute approximate surface area is 117 Å². The number of hydrogen-bond acceptors (Lipinski definition) is 5. The molecule has 3 heterocycles. The van der Waals surface area contributed by atoms with Crippen LogP contribution < -0.4 is 0 Å². The van der Waals surface area contributed by atoms with Crippen molar-refractivity contribution in [1.29, 1.82) is 0 Å². The summed E-state index contributed by atoms with van der Waals surface area (Å²) in [6.07, 6.45) is 2.73. The van der Waals surface area contributed by atoms with E-state index in [1.165, 1.54) is 11.3 Å². The van der Waals surface area contributed by atoms with Crippen molar-refractivity contribution in [2.24, 2.45) is 0 Å². The lowest BCUT2D eigenvalue weighted by Crippen LogP contribution is -2.49. The summed E-state index contributed by atoms with van der Waals surface area (Å²) in [5, 5.41) is 0. The van der Waals surface area contributed by atoms with Crippen LogP contribution in [0.3, 0.4) is 0 Å². The zero-order chi connectivity index (χ0) is 13.2. The van der Waals surface area contributed by atoms with Crippen molar-refractivity contribution in [2.45, 2.75) is 25.4 Å². The molecular weight excluding hydrogens is 262 g/mol. The van der Waals surface area contributed by atoms with Crippen molar-refractivity contribution in [3.63, 3.8) is 0 Å². The lowest BCUT2D eigenvalue weighted by atomic mass is 10.1. The molecule has 0 radical (unpaired) electrons. The van der Waals surface area contributed by atoms with Crippen LogP contribution in [0, 0.1) is 0 Å². The molecular formula is C13H19N3O2S. The minimum absolute atomic E-state index is 0.130. The monoisotopic (exact) mass is 281 g/mol. The number of morpholine rings is 1. The van der Waals surface area contributed by atoms with Crippen LogP contribution in [-0.2, 0) is 4.74 Å². The van der Waals surface area contributed by atoms with Gasteiger partial charge < -0.3 is 9.64 Å². The van der Waals surface area contributed by atoms with Crippen LogP contribution in [0.5, 0.6) is 0 Å². The second-order valence-corrected chi connectivity index (χ2v) is 6.00. The maximum atomic E-state index is 12.4. The van der Waals surface area contributed by atoms with Crippen LogP contribution in [0.2, 0.25) is 0 Å². The zero-order valence-corrected chi connectivity index (χ0v) is 11.9. The van der Waals surface area contributed by atoms with Gasteiger partial charge in [-0.3, -0.25) is 14.7 Å². The Bertz CT molecular complexity index is 431. The van der Waals surface area contributed by atoms with Crippen molar-refractivity contribution >= 4 is 17.2 Å². The van der Waals surface area contributed by atoms with E-state index < -0.39 is 0 Å². The number of nitrogens with zero attached hydrogens (tertiary/aromatic N) is 3. The van der Waals surface area contributed by atoms with E-state index >= 15 is 0 Å². The van der Waals surface area contributed by atoms with Gasteiger partial charge in [0.15, 0.2) is 0 Å². The van der Waals surface area contributed by atoms with E-state index in [-0.39, 0.29) is 11.9 Å². The SMILES string of the molecule is C[C@@H]1[C@H](N2CCOCC2)CCN1C(=O)c1cncs1. The third-order valence-electron chi connectivity index (χ3n) is 4.13. The molecule has 0 aliphatic carbocycles. The summed E-state index contributed by atoms with van der Waals surface area (Å²) < 4.78 is 5.40. The standard InChI is InChI=1S/C13H19N3O2S/c1-10-11(15-4-6-18-7-5-15)2-3-16(10)13(17)12-8-14-9-19-12/h8-11H,2-7H2,1H3/t10-,11-/m1/s1. The van der Waals surface area contributed by atoms with Gasteiger partial charge in [-0.05, 0) is 13.3 Å². The molecule has 2 fully saturated rings. The van der Waals surface area contributed by atoms with Crippen molar-refractivity contribution in [1.82, 2.24) is 14.8 Å². The summed E-state index contributed by atoms with van der Waals surface area (Å²) >= 11 is 1.42. The van der Waals surface area contributed by atoms with Crippen molar-refractivity contribution in [3.05, 3.63) is 16.6 Å². The summed E-state index contributed by atoms with van der Waals surface area (Å²) in [4.78, 5) is 21.6. The largest absolute Gasteiger partial charge is 0.379 e. The molecule has 3 rings (SSSR count). The number of amides is 1. The molecule has 0 spiro atoms. The first-order valence-corrected chi connectivity index (χ1v) is 7.66. The minimum Gasteiger partial charge on any atom is -0.379 e. The Morgan fingerprint density at radius 1 is 1.42 bits per heavy atom. The number of carbonyl (C=O) groups excluding carboxylic acids is 1. The van der Waals surface area contributed by atoms with Gasteiger partial charge in [-0.2, -0.15) is 0 Å². The molecule has 6 heteroatoms. The van der Waals surface area contributed by atoms with Crippen molar-refractivity contribution in [2.75, 3.05) is 32.8 Å². The quantitative estimate of drug-likeness (QED) is 0.814. The second kappa shape index (κ2) is 5.56. The average Bonchev–Trinajstić information content (AvgIpc) is 3.08. The second-order valence-electron chi connectivity index (χ2n) is 5.11. The fourth-order valence-electron chi connectivity index (χ4n) is 3.07. The van der Waals surface area contributed by atoms with E-state index in [1.807, 2.05) is 4.90 Å². The molecule has 1 aromatic heterocycles. The first-order chi connectivity index (χ1) is 9.27. The normalized spacial score (nSPS) is 28.8. The molecule has 0 bridgehead atoms. The average molecular weight is 281 g/mol. The van der Waals surface area contributed by atoms with Crippen molar-refractivity contribution < 1.29 is 9.53 Å². The molecule has 2 aliphatic rings. The first kappa shape index (κ1) is 13.0. The molecule has 1 aromatic rings. The Hall–Kier alpha value is -0.980. The van der Waals surface area contributed by atoms with Gasteiger partial charge >= 0.3 is 0 Å². The third kappa shape index (κ3) is 2.52. The minimum atomic E-state index is 0.130. The predicted octanol–water partition coefficient (Wildman–Crippen LogP) is 1.08. The van der Waals surface area contributed by atoms with Gasteiger partial charge in [-0.25, -0.2) is 0 Å². The van der Waals surface area contributed by atoms with E-state index in [0.717, 1.165) is 44.1 Å². The molecule has 0 saturated carbocycles. The van der Waals surface area contributed by atoms with Crippen LogP contribution >= 0.6 is 11.3 Å². The lowest BCUT2D eigenvalue weighted by molar-refractivity contribution is 0.0105. The molecule has 104 valence electrons. The van der Waals surface area contributed by atoms with Gasteiger partial charge in [0.1, 0.15) is 4.88 Å². The van der Waals surface area contributed by atoms with Gasteiger partial charge in [0.25, 0.3) is 5.91 Å². The number of rotatable bonds is 2. The Kier molecular flexibility index (Phi) is 3.81. The van der Waals surface area contributed by atoms with Crippen LogP contribution in [0.1, 0.15) is 23.0 Å². The van der Waals surface area contributed by atoms with Gasteiger partial charge in [0.2, 0.25) is 0 Å². The number of thiazole rings is 1. The summed E-state index contributed by atoms with van der Waals surface area (Å²) in [5.41, 5.74) is 1.72. The molecule has 19 heavy (non-hydrogen) atoms. The predicted molar refractivity (Wildman–Crippen MR) is 73.4 cm³/mol. The van der Waals surface area contributed by atoms with Crippen LogP contribution in [0.15, 0.2) is 11.7 Å². The van der Waals surface area contributed by atoms with E-state index in [2.05, 4.69) is 16.8 Å². The highest BCUT2D eigenvalue weighted by atomic mass is 32.1. The molecule has 0 N–H and O–H groups in total. The molecule has 0 aromatic carbocycles. The van der Waals surface area contributed by atoms with E-state index in [1.54, 1.807) is 11.7 Å². The van der Waals surface area contributed by atoms with Gasteiger partial charge in [-0.15, -0.1) is 11.3 Å². The molecule has 1 amide bonds. The molecule has 2 aliphatic heterocycles.